The van der Waals surface area contributed by atoms with Crippen LogP contribution in [0, 0.1) is 0 Å². The Morgan fingerprint density at radius 3 is 1.97 bits per heavy atom. The minimum atomic E-state index is -3.94. The van der Waals surface area contributed by atoms with Crippen molar-refractivity contribution in [3.63, 3.8) is 0 Å². The lowest BCUT2D eigenvalue weighted by Gasteiger charge is -2.20. The molecule has 30 heavy (non-hydrogen) atoms. The molecule has 0 aromatic heterocycles. The first kappa shape index (κ1) is 21.6. The van der Waals surface area contributed by atoms with Gasteiger partial charge in [0.05, 0.1) is 10.9 Å². The topological polar surface area (TPSA) is 72.5 Å². The summed E-state index contributed by atoms with van der Waals surface area (Å²) in [5.74, 6) is -0.191. The smallest absolute Gasteiger partial charge is 0.387 e. The molecule has 3 aromatic rings. The number of ether oxygens (including phenoxy) is 1. The summed E-state index contributed by atoms with van der Waals surface area (Å²) in [5.41, 5.74) is 1.62. The zero-order valence-electron chi connectivity index (χ0n) is 16.0. The fourth-order valence-corrected chi connectivity index (χ4v) is 4.12. The second-order valence-electron chi connectivity index (χ2n) is 6.49. The molecule has 0 aliphatic heterocycles. The van der Waals surface area contributed by atoms with E-state index in [4.69, 9.17) is 0 Å². The Bertz CT molecular complexity index is 1100. The van der Waals surface area contributed by atoms with E-state index < -0.39 is 22.7 Å². The normalized spacial score (nSPS) is 12.5. The number of ketones is 1. The predicted octanol–water partition coefficient (Wildman–Crippen LogP) is 4.56. The molecule has 5 nitrogen and oxygen atoms in total. The number of hydrogen-bond acceptors (Lipinski definition) is 4. The summed E-state index contributed by atoms with van der Waals surface area (Å²) in [5, 5.41) is 0. The van der Waals surface area contributed by atoms with Gasteiger partial charge < -0.3 is 4.74 Å². The van der Waals surface area contributed by atoms with Crippen LogP contribution >= 0.6 is 0 Å². The zero-order valence-corrected chi connectivity index (χ0v) is 16.8. The lowest BCUT2D eigenvalue weighted by molar-refractivity contribution is -0.0498. The highest BCUT2D eigenvalue weighted by Crippen LogP contribution is 2.27. The Kier molecular flexibility index (Phi) is 6.59. The van der Waals surface area contributed by atoms with Crippen LogP contribution in [-0.4, -0.2) is 20.8 Å². The van der Waals surface area contributed by atoms with E-state index in [-0.39, 0.29) is 16.4 Å². The third-order valence-electron chi connectivity index (χ3n) is 4.42. The number of carbonyl (C=O) groups excluding carboxylic acids is 1. The van der Waals surface area contributed by atoms with E-state index in [1.54, 1.807) is 30.3 Å². The van der Waals surface area contributed by atoms with Gasteiger partial charge in [0.2, 0.25) is 10.0 Å². The van der Waals surface area contributed by atoms with Gasteiger partial charge >= 0.3 is 6.61 Å². The van der Waals surface area contributed by atoms with Crippen molar-refractivity contribution in [2.24, 2.45) is 0 Å². The number of hydrogen-bond donors (Lipinski definition) is 1. The van der Waals surface area contributed by atoms with Crippen molar-refractivity contribution < 1.29 is 26.7 Å². The highest BCUT2D eigenvalue weighted by atomic mass is 32.2. The van der Waals surface area contributed by atoms with Crippen LogP contribution in [0.15, 0.2) is 83.8 Å². The molecule has 1 N–H and O–H groups in total. The number of halogens is 2. The van der Waals surface area contributed by atoms with Gasteiger partial charge in [0.1, 0.15) is 5.75 Å². The number of rotatable bonds is 8. The molecule has 0 aliphatic rings. The minimum absolute atomic E-state index is 0.00563. The van der Waals surface area contributed by atoms with E-state index >= 15 is 0 Å². The lowest BCUT2D eigenvalue weighted by Crippen LogP contribution is -2.29. The predicted molar refractivity (Wildman–Crippen MR) is 108 cm³/mol. The number of alkyl halides is 2. The van der Waals surface area contributed by atoms with Crippen molar-refractivity contribution in [3.05, 3.63) is 95.6 Å². The number of sulfonamides is 1. The SMILES string of the molecule is CC(=O)c1ccc(S(=O)(=O)N[C@H](c2ccccc2)c2ccc(OC(F)F)cc2)cc1. The fraction of sp³-hybridized carbons (Fsp3) is 0.136. The third kappa shape index (κ3) is 5.28. The Morgan fingerprint density at radius 1 is 0.867 bits per heavy atom. The number of carbonyl (C=O) groups is 1. The summed E-state index contributed by atoms with van der Waals surface area (Å²) in [6, 6.07) is 19.5. The molecule has 156 valence electrons. The number of Topliss-reactive ketones (excluding diaryl/α,β-unsaturated/α-hetero) is 1. The van der Waals surface area contributed by atoms with E-state index in [1.165, 1.54) is 55.5 Å². The molecule has 3 rings (SSSR count). The van der Waals surface area contributed by atoms with Gasteiger partial charge in [-0.3, -0.25) is 4.79 Å². The van der Waals surface area contributed by atoms with Gasteiger partial charge in [-0.05, 0) is 42.3 Å². The van der Waals surface area contributed by atoms with Gasteiger partial charge in [0.15, 0.2) is 5.78 Å². The molecular formula is C22H19F2NO4S. The molecule has 0 heterocycles. The standard InChI is InChI=1S/C22H19F2NO4S/c1-15(26)16-9-13-20(14-10-16)30(27,28)25-21(17-5-3-2-4-6-17)18-7-11-19(12-8-18)29-22(23)24/h2-14,21-22,25H,1H3/t21-/m1/s1. The molecule has 0 spiro atoms. The van der Waals surface area contributed by atoms with E-state index in [9.17, 15) is 22.0 Å². The Morgan fingerprint density at radius 2 is 1.43 bits per heavy atom. The zero-order chi connectivity index (χ0) is 21.7. The highest BCUT2D eigenvalue weighted by molar-refractivity contribution is 7.89. The first-order chi connectivity index (χ1) is 14.3. The molecule has 1 atom stereocenters. The van der Waals surface area contributed by atoms with Gasteiger partial charge in [0, 0.05) is 5.56 Å². The summed E-state index contributed by atoms with van der Waals surface area (Å²) in [6.45, 7) is -1.55. The van der Waals surface area contributed by atoms with E-state index in [1.807, 2.05) is 0 Å². The second kappa shape index (κ2) is 9.15. The van der Waals surface area contributed by atoms with Gasteiger partial charge in [-0.2, -0.15) is 13.5 Å². The summed E-state index contributed by atoms with van der Waals surface area (Å²) in [6.07, 6.45) is 0. The maximum atomic E-state index is 13.0. The quantitative estimate of drug-likeness (QED) is 0.531. The maximum Gasteiger partial charge on any atom is 0.387 e. The summed E-state index contributed by atoms with van der Waals surface area (Å²) in [7, 11) is -3.94. The van der Waals surface area contributed by atoms with Gasteiger partial charge in [-0.15, -0.1) is 0 Å². The van der Waals surface area contributed by atoms with Gasteiger partial charge in [-0.25, -0.2) is 8.42 Å². The highest BCUT2D eigenvalue weighted by Gasteiger charge is 2.23. The first-order valence-corrected chi connectivity index (χ1v) is 10.5. The van der Waals surface area contributed by atoms with E-state index in [0.29, 0.717) is 16.7 Å². The van der Waals surface area contributed by atoms with Crippen molar-refractivity contribution in [1.29, 1.82) is 0 Å². The molecule has 0 radical (unpaired) electrons. The van der Waals surface area contributed by atoms with Crippen LogP contribution in [0.25, 0.3) is 0 Å². The monoisotopic (exact) mass is 431 g/mol. The average molecular weight is 431 g/mol. The van der Waals surface area contributed by atoms with Crippen LogP contribution in [0.3, 0.4) is 0 Å². The lowest BCUT2D eigenvalue weighted by atomic mass is 10.00. The van der Waals surface area contributed by atoms with Crippen molar-refractivity contribution in [1.82, 2.24) is 4.72 Å². The van der Waals surface area contributed by atoms with Crippen LogP contribution in [0.5, 0.6) is 5.75 Å². The first-order valence-electron chi connectivity index (χ1n) is 8.99. The van der Waals surface area contributed by atoms with Crippen LogP contribution < -0.4 is 9.46 Å². The molecule has 0 aliphatic carbocycles. The molecule has 0 saturated carbocycles. The summed E-state index contributed by atoms with van der Waals surface area (Å²) < 4.78 is 57.7. The minimum Gasteiger partial charge on any atom is -0.435 e. The molecule has 8 heteroatoms. The Hall–Kier alpha value is -3.10. The van der Waals surface area contributed by atoms with Gasteiger partial charge in [-0.1, -0.05) is 54.6 Å². The Balaban J connectivity index is 1.94. The average Bonchev–Trinajstić information content (AvgIpc) is 2.73. The number of nitrogens with one attached hydrogen (secondary N) is 1. The third-order valence-corrected chi connectivity index (χ3v) is 5.85. The molecule has 0 fully saturated rings. The molecule has 0 unspecified atom stereocenters. The maximum absolute atomic E-state index is 13.0. The van der Waals surface area contributed by atoms with E-state index in [2.05, 4.69) is 9.46 Å². The summed E-state index contributed by atoms with van der Waals surface area (Å²) in [4.78, 5) is 11.4. The van der Waals surface area contributed by atoms with E-state index in [0.717, 1.165) is 0 Å². The van der Waals surface area contributed by atoms with Gasteiger partial charge in [0.25, 0.3) is 0 Å². The molecule has 0 saturated heterocycles. The largest absolute Gasteiger partial charge is 0.435 e. The van der Waals surface area contributed by atoms with Crippen molar-refractivity contribution >= 4 is 15.8 Å². The molecular weight excluding hydrogens is 412 g/mol. The Labute approximate surface area is 173 Å². The molecule has 0 amide bonds. The second-order valence-corrected chi connectivity index (χ2v) is 8.21. The molecule has 3 aromatic carbocycles. The molecule has 0 bridgehead atoms. The van der Waals surface area contributed by atoms with Crippen molar-refractivity contribution in [2.45, 2.75) is 24.5 Å². The van der Waals surface area contributed by atoms with Crippen LogP contribution in [0.1, 0.15) is 34.5 Å². The van der Waals surface area contributed by atoms with Crippen molar-refractivity contribution in [2.75, 3.05) is 0 Å². The fourth-order valence-electron chi connectivity index (χ4n) is 2.91. The number of benzene rings is 3. The summed E-state index contributed by atoms with van der Waals surface area (Å²) >= 11 is 0. The van der Waals surface area contributed by atoms with Crippen LogP contribution in [-0.2, 0) is 10.0 Å². The van der Waals surface area contributed by atoms with Crippen LogP contribution in [0.2, 0.25) is 0 Å². The van der Waals surface area contributed by atoms with Crippen LogP contribution in [0.4, 0.5) is 8.78 Å². The van der Waals surface area contributed by atoms with Crippen molar-refractivity contribution in [3.8, 4) is 5.75 Å².